The fraction of sp³-hybridized carbons (Fsp3) is 0.212. The molecule has 2 unspecified atom stereocenters. The molecule has 48 heavy (non-hydrogen) atoms. The highest BCUT2D eigenvalue weighted by molar-refractivity contribution is 9.11. The van der Waals surface area contributed by atoms with Crippen LogP contribution >= 0.6 is 47.8 Å². The average Bonchev–Trinajstić information content (AvgIpc) is 3.64. The lowest BCUT2D eigenvalue weighted by atomic mass is 10.0. The number of fused-ring (bicyclic) bond motifs is 3. The first kappa shape index (κ1) is 36.8. The number of benzene rings is 3. The van der Waals surface area contributed by atoms with Crippen molar-refractivity contribution in [2.45, 2.75) is 24.9 Å². The molecular formula is C33H33Br3N6O6. The normalized spacial score (nSPS) is 12.2. The zero-order valence-electron chi connectivity index (χ0n) is 26.1. The van der Waals surface area contributed by atoms with Crippen LogP contribution in [-0.4, -0.2) is 52.9 Å². The average molecular weight is 849 g/mol. The number of halogens is 3. The van der Waals surface area contributed by atoms with Crippen molar-refractivity contribution in [3.8, 4) is 0 Å². The van der Waals surface area contributed by atoms with Gasteiger partial charge < -0.3 is 35.4 Å². The second kappa shape index (κ2) is 15.5. The third-order valence-electron chi connectivity index (χ3n) is 7.74. The van der Waals surface area contributed by atoms with Crippen LogP contribution in [0.4, 0.5) is 5.69 Å². The largest absolute Gasteiger partial charge is 0.480 e. The second-order valence-electron chi connectivity index (χ2n) is 11.2. The smallest absolute Gasteiger partial charge is 0.320 e. The molecule has 0 aliphatic heterocycles. The van der Waals surface area contributed by atoms with Gasteiger partial charge in [0.05, 0.1) is 20.3 Å². The minimum absolute atomic E-state index is 0.0317. The van der Waals surface area contributed by atoms with Crippen LogP contribution in [0, 0.1) is 10.1 Å². The molecule has 0 spiro atoms. The summed E-state index contributed by atoms with van der Waals surface area (Å²) in [5.41, 5.74) is 15.5. The molecule has 12 nitrogen and oxygen atoms in total. The van der Waals surface area contributed by atoms with Crippen LogP contribution in [0.1, 0.15) is 11.1 Å². The molecule has 0 saturated heterocycles. The van der Waals surface area contributed by atoms with Crippen LogP contribution in [0.2, 0.25) is 0 Å². The quantitative estimate of drug-likeness (QED) is 0.102. The maximum absolute atomic E-state index is 11.2. The zero-order valence-corrected chi connectivity index (χ0v) is 30.9. The van der Waals surface area contributed by atoms with Gasteiger partial charge in [-0.25, -0.2) is 0 Å². The summed E-state index contributed by atoms with van der Waals surface area (Å²) in [6.07, 6.45) is 6.04. The van der Waals surface area contributed by atoms with E-state index in [2.05, 4.69) is 89.9 Å². The number of carboxylic acids is 2. The number of nitro benzene ring substituents is 1. The number of carboxylic acid groups (broad SMARTS) is 2. The standard InChI is InChI=1S/C12H12BrN3O4.C12H13BrN2O2.C9H8BrN/c1-15-5-6(4-8(14)12(17)18)10-9(15)3-2-7(13)11(10)16(19)20;1-15-6-7(4-10(14)12(16)17)9-5-8(13)2-3-11(9)15;1-11-5-4-7-6-8(10)2-3-9(7)11/h2-3,5,8H,4,14H2,1H3,(H,17,18);2-3,5-6,10H,4,14H2,1H3,(H,16,17);2-6H,1H3. The molecule has 0 bridgehead atoms. The minimum Gasteiger partial charge on any atom is -0.480 e. The molecule has 0 aliphatic carbocycles. The maximum Gasteiger partial charge on any atom is 0.320 e. The van der Waals surface area contributed by atoms with E-state index in [0.717, 1.165) is 25.4 Å². The number of hydrogen-bond acceptors (Lipinski definition) is 6. The minimum atomic E-state index is -1.14. The van der Waals surface area contributed by atoms with Crippen LogP contribution in [0.5, 0.6) is 0 Å². The maximum atomic E-state index is 11.2. The molecule has 0 radical (unpaired) electrons. The Morgan fingerprint density at radius 2 is 1.29 bits per heavy atom. The zero-order chi connectivity index (χ0) is 35.4. The van der Waals surface area contributed by atoms with Gasteiger partial charge in [-0.2, -0.15) is 0 Å². The molecule has 2 atom stereocenters. The molecule has 6 rings (SSSR count). The number of nitrogens with zero attached hydrogens (tertiary/aromatic N) is 4. The van der Waals surface area contributed by atoms with Gasteiger partial charge in [0, 0.05) is 83.3 Å². The van der Waals surface area contributed by atoms with Gasteiger partial charge in [0.1, 0.15) is 12.1 Å². The van der Waals surface area contributed by atoms with E-state index in [-0.39, 0.29) is 12.1 Å². The van der Waals surface area contributed by atoms with Gasteiger partial charge in [0.25, 0.3) is 5.69 Å². The Kier molecular flexibility index (Phi) is 11.9. The van der Waals surface area contributed by atoms with Crippen molar-refractivity contribution in [2.75, 3.05) is 0 Å². The van der Waals surface area contributed by atoms with E-state index in [1.807, 2.05) is 36.0 Å². The summed E-state index contributed by atoms with van der Waals surface area (Å²) < 4.78 is 8.27. The summed E-state index contributed by atoms with van der Waals surface area (Å²) in [7, 11) is 5.73. The fourth-order valence-electron chi connectivity index (χ4n) is 5.38. The van der Waals surface area contributed by atoms with Crippen molar-refractivity contribution >= 4 is 98.1 Å². The molecule has 0 aliphatic rings. The molecule has 252 valence electrons. The Bertz CT molecular complexity index is 2150. The summed E-state index contributed by atoms with van der Waals surface area (Å²) in [5, 5.41) is 31.7. The third kappa shape index (κ3) is 8.33. The molecule has 3 aromatic heterocycles. The molecule has 0 fully saturated rings. The predicted molar refractivity (Wildman–Crippen MR) is 197 cm³/mol. The van der Waals surface area contributed by atoms with Crippen molar-refractivity contribution in [2.24, 2.45) is 32.6 Å². The number of nitro groups is 1. The van der Waals surface area contributed by atoms with Crippen molar-refractivity contribution in [3.05, 3.63) is 108 Å². The predicted octanol–water partition coefficient (Wildman–Crippen LogP) is 6.64. The number of hydrogen-bond donors (Lipinski definition) is 4. The highest BCUT2D eigenvalue weighted by atomic mass is 79.9. The van der Waals surface area contributed by atoms with E-state index >= 15 is 0 Å². The summed E-state index contributed by atoms with van der Waals surface area (Å²) in [6.45, 7) is 0. The van der Waals surface area contributed by atoms with E-state index in [4.69, 9.17) is 21.7 Å². The molecule has 3 heterocycles. The molecule has 15 heteroatoms. The van der Waals surface area contributed by atoms with Crippen LogP contribution < -0.4 is 11.5 Å². The van der Waals surface area contributed by atoms with Gasteiger partial charge >= 0.3 is 11.9 Å². The molecule has 6 aromatic rings. The Morgan fingerprint density at radius 1 is 0.771 bits per heavy atom. The number of aromatic nitrogens is 3. The Balaban J connectivity index is 0.000000169. The van der Waals surface area contributed by atoms with Gasteiger partial charge in [-0.3, -0.25) is 19.7 Å². The van der Waals surface area contributed by atoms with Crippen molar-refractivity contribution in [1.29, 1.82) is 0 Å². The number of carbonyl (C=O) groups is 2. The SMILES string of the molecule is Cn1cc(CC(N)C(=O)O)c2c([N+](=O)[O-])c(Br)ccc21.Cn1cc(CC(N)C(=O)O)c2cc(Br)ccc21.Cn1ccc2cc(Br)ccc21. The van der Waals surface area contributed by atoms with E-state index in [9.17, 15) is 19.7 Å². The molecule has 0 saturated carbocycles. The molecule has 6 N–H and O–H groups in total. The van der Waals surface area contributed by atoms with Gasteiger partial charge in [-0.15, -0.1) is 0 Å². The number of aliphatic carboxylic acids is 2. The van der Waals surface area contributed by atoms with E-state index in [1.165, 1.54) is 10.9 Å². The van der Waals surface area contributed by atoms with Crippen LogP contribution in [0.15, 0.2) is 86.6 Å². The summed E-state index contributed by atoms with van der Waals surface area (Å²) >= 11 is 10.0. The Labute approximate surface area is 300 Å². The number of nitrogens with two attached hydrogens (primary N) is 2. The topological polar surface area (TPSA) is 185 Å². The third-order valence-corrected chi connectivity index (χ3v) is 9.36. The second-order valence-corrected chi connectivity index (χ2v) is 13.9. The van der Waals surface area contributed by atoms with Gasteiger partial charge in [0.2, 0.25) is 0 Å². The highest BCUT2D eigenvalue weighted by Crippen LogP contribution is 2.36. The summed E-state index contributed by atoms with van der Waals surface area (Å²) in [4.78, 5) is 32.4. The van der Waals surface area contributed by atoms with Crippen LogP contribution in [0.25, 0.3) is 32.7 Å². The highest BCUT2D eigenvalue weighted by Gasteiger charge is 2.24. The van der Waals surface area contributed by atoms with Gasteiger partial charge in [-0.1, -0.05) is 31.9 Å². The molecular weight excluding hydrogens is 816 g/mol. The lowest BCUT2D eigenvalue weighted by Crippen LogP contribution is -2.32. The van der Waals surface area contributed by atoms with Crippen molar-refractivity contribution < 1.29 is 24.7 Å². The monoisotopic (exact) mass is 846 g/mol. The lowest BCUT2D eigenvalue weighted by molar-refractivity contribution is -0.383. The van der Waals surface area contributed by atoms with E-state index in [0.29, 0.717) is 27.4 Å². The van der Waals surface area contributed by atoms with Crippen molar-refractivity contribution in [3.63, 3.8) is 0 Å². The Morgan fingerprint density at radius 3 is 1.90 bits per heavy atom. The fourth-order valence-corrected chi connectivity index (χ4v) is 6.59. The first-order valence-electron chi connectivity index (χ1n) is 14.4. The Hall–Kier alpha value is -4.02. The van der Waals surface area contributed by atoms with Crippen LogP contribution in [0.3, 0.4) is 0 Å². The number of aryl methyl sites for hydroxylation is 3. The summed E-state index contributed by atoms with van der Waals surface area (Å²) in [5.74, 6) is -2.11. The van der Waals surface area contributed by atoms with E-state index in [1.54, 1.807) is 29.9 Å². The number of rotatable bonds is 7. The molecule has 0 amide bonds. The van der Waals surface area contributed by atoms with Crippen LogP contribution in [-0.2, 0) is 43.6 Å². The lowest BCUT2D eigenvalue weighted by Gasteiger charge is -2.05. The summed E-state index contributed by atoms with van der Waals surface area (Å²) in [6, 6.07) is 15.7. The molecule has 3 aromatic carbocycles. The van der Waals surface area contributed by atoms with E-state index < -0.39 is 28.9 Å². The first-order valence-corrected chi connectivity index (χ1v) is 16.8. The van der Waals surface area contributed by atoms with Crippen molar-refractivity contribution in [1.82, 2.24) is 13.7 Å². The van der Waals surface area contributed by atoms with Gasteiger partial charge in [-0.05, 0) is 81.7 Å². The first-order chi connectivity index (χ1) is 22.6. The van der Waals surface area contributed by atoms with Gasteiger partial charge in [0.15, 0.2) is 0 Å².